The van der Waals surface area contributed by atoms with Gasteiger partial charge in [-0.25, -0.2) is 4.79 Å². The minimum absolute atomic E-state index is 0.109. The molecule has 0 saturated carbocycles. The molecule has 5 nitrogen and oxygen atoms in total. The summed E-state index contributed by atoms with van der Waals surface area (Å²) in [6, 6.07) is 76.3. The van der Waals surface area contributed by atoms with Crippen molar-refractivity contribution in [1.82, 2.24) is 18.3 Å². The Balaban J connectivity index is 0.844. The van der Waals surface area contributed by atoms with Crippen molar-refractivity contribution in [3.8, 4) is 45.0 Å². The van der Waals surface area contributed by atoms with Crippen LogP contribution in [0.2, 0.25) is 0 Å². The number of rotatable bonds is 6. The Labute approximate surface area is 345 Å². The van der Waals surface area contributed by atoms with Crippen LogP contribution in [0.3, 0.4) is 0 Å². The predicted molar refractivity (Wildman–Crippen MR) is 248 cm³/mol. The fourth-order valence-electron chi connectivity index (χ4n) is 9.26. The summed E-state index contributed by atoms with van der Waals surface area (Å²) in [5.74, 6) is 0. The van der Waals surface area contributed by atoms with Crippen LogP contribution in [-0.2, 0) is 0 Å². The topological polar surface area (TPSA) is 36.8 Å². The Morgan fingerprint density at radius 1 is 0.217 bits per heavy atom. The molecule has 9 aromatic carbocycles. The van der Waals surface area contributed by atoms with Gasteiger partial charge in [0.1, 0.15) is 0 Å². The first-order valence-electron chi connectivity index (χ1n) is 20.3. The Morgan fingerprint density at radius 3 is 0.700 bits per heavy atom. The second-order valence-electron chi connectivity index (χ2n) is 15.4. The molecular formula is C55H36N4O. The Hall–Kier alpha value is -8.15. The van der Waals surface area contributed by atoms with E-state index in [0.29, 0.717) is 0 Å². The van der Waals surface area contributed by atoms with Gasteiger partial charge in [0.05, 0.1) is 44.5 Å². The number of imidazole rings is 1. The van der Waals surface area contributed by atoms with E-state index in [9.17, 15) is 4.79 Å². The van der Waals surface area contributed by atoms with Crippen LogP contribution in [0, 0.1) is 0 Å². The van der Waals surface area contributed by atoms with Crippen molar-refractivity contribution in [2.45, 2.75) is 0 Å². The van der Waals surface area contributed by atoms with E-state index in [1.54, 1.807) is 0 Å². The molecule has 60 heavy (non-hydrogen) atoms. The Morgan fingerprint density at radius 2 is 0.433 bits per heavy atom. The molecule has 0 aliphatic carbocycles. The smallest absolute Gasteiger partial charge is 0.309 e. The molecule has 282 valence electrons. The number of para-hydroxylation sites is 6. The van der Waals surface area contributed by atoms with Crippen LogP contribution >= 0.6 is 0 Å². The Bertz CT molecular complexity index is 3290. The van der Waals surface area contributed by atoms with Gasteiger partial charge in [-0.15, -0.1) is 0 Å². The molecule has 0 N–H and O–H groups in total. The van der Waals surface area contributed by atoms with Crippen LogP contribution in [0.25, 0.3) is 99.6 Å². The monoisotopic (exact) mass is 768 g/mol. The van der Waals surface area contributed by atoms with Gasteiger partial charge < -0.3 is 9.13 Å². The Kier molecular flexibility index (Phi) is 7.62. The number of aromatic nitrogens is 4. The third kappa shape index (κ3) is 5.23. The van der Waals surface area contributed by atoms with E-state index >= 15 is 0 Å². The first-order chi connectivity index (χ1) is 29.7. The fraction of sp³-hybridized carbons (Fsp3) is 0. The number of fused-ring (bicyclic) bond motifs is 7. The summed E-state index contributed by atoms with van der Waals surface area (Å²) in [5, 5.41) is 5.00. The molecule has 12 rings (SSSR count). The van der Waals surface area contributed by atoms with Crippen molar-refractivity contribution in [1.29, 1.82) is 0 Å². The highest BCUT2D eigenvalue weighted by Crippen LogP contribution is 2.35. The van der Waals surface area contributed by atoms with Crippen LogP contribution in [0.5, 0.6) is 0 Å². The molecule has 0 aliphatic rings. The maximum Gasteiger partial charge on any atom is 0.338 e. The lowest BCUT2D eigenvalue weighted by Gasteiger charge is -2.10. The number of nitrogens with zero attached hydrogens (tertiary/aromatic N) is 4. The van der Waals surface area contributed by atoms with E-state index in [4.69, 9.17) is 0 Å². The van der Waals surface area contributed by atoms with Gasteiger partial charge in [0.15, 0.2) is 0 Å². The van der Waals surface area contributed by atoms with Gasteiger partial charge in [-0.1, -0.05) is 133 Å². The zero-order valence-corrected chi connectivity index (χ0v) is 32.5. The highest BCUT2D eigenvalue weighted by atomic mass is 16.1. The minimum Gasteiger partial charge on any atom is -0.309 e. The maximum absolute atomic E-state index is 14.4. The lowest BCUT2D eigenvalue weighted by molar-refractivity contribution is 0.931. The summed E-state index contributed by atoms with van der Waals surface area (Å²) in [6.07, 6.45) is 0. The lowest BCUT2D eigenvalue weighted by Crippen LogP contribution is -2.22. The molecule has 0 unspecified atom stereocenters. The molecule has 0 aliphatic heterocycles. The number of hydrogen-bond donors (Lipinski definition) is 0. The summed E-state index contributed by atoms with van der Waals surface area (Å²) in [5.41, 5.74) is 14.7. The van der Waals surface area contributed by atoms with Gasteiger partial charge in [-0.3, -0.25) is 9.13 Å². The summed E-state index contributed by atoms with van der Waals surface area (Å²) < 4.78 is 8.29. The van der Waals surface area contributed by atoms with Crippen molar-refractivity contribution < 1.29 is 0 Å². The highest BCUT2D eigenvalue weighted by molar-refractivity contribution is 6.10. The molecule has 0 bridgehead atoms. The van der Waals surface area contributed by atoms with Crippen molar-refractivity contribution in [3.05, 3.63) is 229 Å². The second-order valence-corrected chi connectivity index (χ2v) is 15.4. The van der Waals surface area contributed by atoms with Crippen molar-refractivity contribution in [3.63, 3.8) is 0 Å². The zero-order valence-electron chi connectivity index (χ0n) is 32.5. The third-order valence-electron chi connectivity index (χ3n) is 12.1. The van der Waals surface area contributed by atoms with Crippen LogP contribution in [0.1, 0.15) is 0 Å². The van der Waals surface area contributed by atoms with Crippen LogP contribution < -0.4 is 5.69 Å². The average molecular weight is 769 g/mol. The number of hydrogen-bond acceptors (Lipinski definition) is 1. The summed E-state index contributed by atoms with van der Waals surface area (Å²) in [7, 11) is 0. The van der Waals surface area contributed by atoms with Crippen molar-refractivity contribution >= 4 is 54.6 Å². The van der Waals surface area contributed by atoms with Gasteiger partial charge in [0, 0.05) is 32.9 Å². The molecule has 0 spiro atoms. The minimum atomic E-state index is -0.109. The van der Waals surface area contributed by atoms with Gasteiger partial charge in [-0.05, 0) is 107 Å². The predicted octanol–water partition coefficient (Wildman–Crippen LogP) is 13.3. The quantitative estimate of drug-likeness (QED) is 0.166. The summed E-state index contributed by atoms with van der Waals surface area (Å²) in [4.78, 5) is 14.4. The van der Waals surface area contributed by atoms with Crippen molar-refractivity contribution in [2.75, 3.05) is 0 Å². The normalized spacial score (nSPS) is 11.7. The molecule has 5 heteroatoms. The molecule has 3 heterocycles. The SMILES string of the molecule is O=c1n(-c2ccc(-c3ccc(-n4c5ccccc5c5ccccc54)cc3)cc2)c2ccccc2n1-c1ccc(-c2ccc(-n3c4ccccc4c4ccccc43)cc2)cc1. The fourth-order valence-corrected chi connectivity index (χ4v) is 9.26. The molecule has 3 aromatic heterocycles. The van der Waals surface area contributed by atoms with Crippen LogP contribution in [0.15, 0.2) is 223 Å². The molecule has 0 atom stereocenters. The summed E-state index contributed by atoms with van der Waals surface area (Å²) in [6.45, 7) is 0. The van der Waals surface area contributed by atoms with Crippen molar-refractivity contribution in [2.24, 2.45) is 0 Å². The van der Waals surface area contributed by atoms with Gasteiger partial charge in [0.25, 0.3) is 0 Å². The molecular weight excluding hydrogens is 733 g/mol. The first kappa shape index (κ1) is 33.9. The van der Waals surface area contributed by atoms with Gasteiger partial charge >= 0.3 is 5.69 Å². The summed E-state index contributed by atoms with van der Waals surface area (Å²) >= 11 is 0. The van der Waals surface area contributed by atoms with E-state index in [-0.39, 0.29) is 5.69 Å². The van der Waals surface area contributed by atoms with Crippen LogP contribution in [0.4, 0.5) is 0 Å². The molecule has 0 saturated heterocycles. The zero-order chi connectivity index (χ0) is 39.7. The highest BCUT2D eigenvalue weighted by Gasteiger charge is 2.17. The van der Waals surface area contributed by atoms with E-state index in [0.717, 1.165) is 56.0 Å². The van der Waals surface area contributed by atoms with E-state index in [1.807, 2.05) is 57.7 Å². The average Bonchev–Trinajstić information content (AvgIpc) is 3.94. The van der Waals surface area contributed by atoms with E-state index in [2.05, 4.69) is 179 Å². The standard InChI is InChI=1S/C55H36N4O/c60-55-58(43-33-25-39(26-34-43)37-21-29-41(30-22-37)56-49-15-5-1-11-45(49)46-12-2-6-16-50(46)56)53-19-9-10-20-54(53)59(55)44-35-27-40(28-36-44)38-23-31-42(32-24-38)57-51-17-7-3-13-47(51)48-14-4-8-18-52(48)57/h1-36H. The van der Waals surface area contributed by atoms with Gasteiger partial charge in [-0.2, -0.15) is 0 Å². The van der Waals surface area contributed by atoms with E-state index in [1.165, 1.54) is 43.6 Å². The third-order valence-corrected chi connectivity index (χ3v) is 12.1. The second kappa shape index (κ2) is 13.5. The number of benzene rings is 9. The van der Waals surface area contributed by atoms with Gasteiger partial charge in [0.2, 0.25) is 0 Å². The first-order valence-corrected chi connectivity index (χ1v) is 20.3. The molecule has 0 fully saturated rings. The molecule has 0 radical (unpaired) electrons. The largest absolute Gasteiger partial charge is 0.338 e. The van der Waals surface area contributed by atoms with Crippen LogP contribution in [-0.4, -0.2) is 18.3 Å². The van der Waals surface area contributed by atoms with E-state index < -0.39 is 0 Å². The maximum atomic E-state index is 14.4. The molecule has 0 amide bonds. The lowest BCUT2D eigenvalue weighted by atomic mass is 10.0. The molecule has 12 aromatic rings.